The first-order valence-corrected chi connectivity index (χ1v) is 38.8. The van der Waals surface area contributed by atoms with E-state index < -0.39 is 449 Å². The molecule has 0 amide bonds. The van der Waals surface area contributed by atoms with Gasteiger partial charge in [0.2, 0.25) is 0 Å². The van der Waals surface area contributed by atoms with Crippen LogP contribution in [0.2, 0.25) is 0 Å². The Bertz CT molecular complexity index is 6780. The maximum Gasteiger partial charge on any atom is 0.323 e. The minimum absolute atomic E-state index is 0.112. The molecular weight excluding hydrogens is 1520 g/mol. The number of nitrogens with zero attached hydrogens (tertiary/aromatic N) is 4. The Balaban J connectivity index is 0.000000258. The second kappa shape index (κ2) is 43.9. The van der Waals surface area contributed by atoms with E-state index in [2.05, 4.69) is 0 Å². The highest BCUT2D eigenvalue weighted by molar-refractivity contribution is 5.77. The summed E-state index contributed by atoms with van der Waals surface area (Å²) < 4.78 is 571. The molecule has 4 aromatic rings. The van der Waals surface area contributed by atoms with Crippen molar-refractivity contribution in [3.05, 3.63) is 92.8 Å². The van der Waals surface area contributed by atoms with Crippen molar-refractivity contribution in [1.82, 2.24) is 19.6 Å². The van der Waals surface area contributed by atoms with Crippen molar-refractivity contribution >= 4 is 23.9 Å². The monoisotopic (exact) mass is 1730 g/mol. The fraction of sp³-hybridized carbons (Fsp3) is 0.708. The van der Waals surface area contributed by atoms with Gasteiger partial charge >= 0.3 is 23.9 Å². The lowest BCUT2D eigenvalue weighted by Crippen LogP contribution is -2.51. The molecule has 120 heavy (non-hydrogen) atoms. The van der Waals surface area contributed by atoms with Crippen LogP contribution < -0.4 is 60.8 Å². The molecule has 8 aliphatic rings. The van der Waals surface area contributed by atoms with E-state index in [1.807, 2.05) is 0 Å². The summed E-state index contributed by atoms with van der Waals surface area (Å²) in [6.45, 7) is -5.20. The molecule has 12 rings (SSSR count). The molecule has 0 saturated carbocycles. The first-order chi connectivity index (χ1) is 78.9. The molecule has 0 radical (unpaired) electrons. The lowest BCUT2D eigenvalue weighted by Gasteiger charge is -2.47. The first kappa shape index (κ1) is 44.6. The second-order valence-corrected chi connectivity index (χ2v) is 31.2. The van der Waals surface area contributed by atoms with Crippen molar-refractivity contribution in [2.75, 3.05) is 109 Å². The summed E-state index contributed by atoms with van der Waals surface area (Å²) >= 11 is 0. The van der Waals surface area contributed by atoms with E-state index in [-0.39, 0.29) is 19.6 Å². The molecule has 0 bridgehead atoms. The molecule has 0 aliphatic carbocycles. The van der Waals surface area contributed by atoms with E-state index in [9.17, 15) is 56.2 Å². The van der Waals surface area contributed by atoms with Crippen molar-refractivity contribution in [2.45, 2.75) is 260 Å². The Kier molecular flexibility index (Phi) is 16.3. The molecule has 8 N–H and O–H groups in total. The number of hydrogen-bond acceptors (Lipinski definition) is 24. The van der Waals surface area contributed by atoms with E-state index in [1.54, 1.807) is 27.7 Å². The number of rotatable bonds is 28. The molecule has 24 nitrogen and oxygen atoms in total. The number of carbonyl (C=O) groups is 4. The molecule has 4 aromatic carbocycles. The van der Waals surface area contributed by atoms with Gasteiger partial charge in [0.1, 0.15) is 48.5 Å². The number of fused-ring (bicyclic) bond motifs is 12. The Labute approximate surface area is 798 Å². The van der Waals surface area contributed by atoms with Crippen LogP contribution in [0, 0.1) is 70.9 Å². The lowest BCUT2D eigenvalue weighted by molar-refractivity contribution is -0.161. The van der Waals surface area contributed by atoms with Crippen LogP contribution in [0.5, 0.6) is 46.0 Å². The highest BCUT2D eigenvalue weighted by Gasteiger charge is 2.47. The smallest absolute Gasteiger partial charge is 0.323 e. The number of hydrogen-bond donors (Lipinski definition) is 4. The Hall–Kier alpha value is -7.16. The summed E-state index contributed by atoms with van der Waals surface area (Å²) in [5, 5.41) is 0. The molecule has 12 unspecified atom stereocenters. The number of benzene rings is 4. The predicted molar refractivity (Wildman–Crippen MR) is 471 cm³/mol. The van der Waals surface area contributed by atoms with Crippen LogP contribution in [0.25, 0.3) is 0 Å². The van der Waals surface area contributed by atoms with Crippen molar-refractivity contribution in [1.29, 1.82) is 0 Å². The van der Waals surface area contributed by atoms with Gasteiger partial charge in [0.25, 0.3) is 0 Å². The van der Waals surface area contributed by atoms with Gasteiger partial charge in [0, 0.05) is 174 Å². The average molecular weight is 1730 g/mol. The molecule has 0 spiro atoms. The zero-order valence-electron chi connectivity index (χ0n) is 128. The summed E-state index contributed by atoms with van der Waals surface area (Å²) in [7, 11) is -0.500. The van der Waals surface area contributed by atoms with Gasteiger partial charge in [-0.15, -0.1) is 0 Å². The Morgan fingerprint density at radius 2 is 0.567 bits per heavy atom. The normalized spacial score (nSPS) is 45.5. The van der Waals surface area contributed by atoms with Crippen LogP contribution >= 0.6 is 0 Å². The van der Waals surface area contributed by atoms with E-state index in [0.29, 0.717) is 0 Å². The SMILES string of the molecule is [2H]c1c(OC([2H])([2H])[2H])c(OC)c([2H])c2c1C([2H])([2H])C([2H])([2H])N1C([2H])([2H])C([2H])(CC(C)C)C(OC(=O)[C@@H](N)C(C)C)C([2H])([2H])C21[2H].[2H]c1c(OC([2H])([2H])[2H])c(OC)c([2H])c2c1C([2H])([2H])C([2H])([2H])N1C([2H])([2H])C([2H])(CC(C)C)C([2H])(OC(=O)[C@@H](N)C(C)C)C([2H])([2H])C21[2H].[2H]c1c(OC)c(OC)c([2H])c2c1C([2H])([2H])C([2H])([2H])N1C([2H])([2H])C([2H])(CC(C)C)C([2H])(OC(=O)[C@@H](N)C(C)C)C([2H])([2H])C21[2H].[2H]c1c(OC)c(OC)c([2H])c2c1C([2H])([2H])C([2H])([2H])N1C([2H])([2H])C([2H])(CC(C)C)C([2H])(OC(=O)[C@@H](N)C(C)C)C([2H])([2H])C21[2H]. The fourth-order valence-corrected chi connectivity index (χ4v) is 11.8. The van der Waals surface area contributed by atoms with Crippen molar-refractivity contribution in [3.63, 3.8) is 0 Å². The van der Waals surface area contributed by atoms with Crippen LogP contribution in [0.4, 0.5) is 0 Å². The average Bonchev–Trinajstić information content (AvgIpc) is 0.629. The molecule has 4 saturated heterocycles. The largest absolute Gasteiger partial charge is 0.493 e. The highest BCUT2D eigenvalue weighted by Crippen LogP contribution is 2.50. The third kappa shape index (κ3) is 23.8. The van der Waals surface area contributed by atoms with Gasteiger partial charge in [-0.25, -0.2) is 0 Å². The third-order valence-corrected chi connectivity index (χ3v) is 18.5. The topological polar surface area (TPSA) is 296 Å². The van der Waals surface area contributed by atoms with E-state index in [1.165, 1.54) is 83.1 Å². The molecule has 24 heteroatoms. The van der Waals surface area contributed by atoms with Crippen molar-refractivity contribution in [2.24, 2.45) is 93.9 Å². The molecule has 8 heterocycles. The minimum atomic E-state index is -3.92. The number of methoxy groups -OCH3 is 8. The van der Waals surface area contributed by atoms with Gasteiger partial charge < -0.3 is 79.8 Å². The summed E-state index contributed by atoms with van der Waals surface area (Å²) in [5.41, 5.74) is 14.8. The van der Waals surface area contributed by atoms with Gasteiger partial charge in [-0.05, 0) is 191 Å². The van der Waals surface area contributed by atoms with Crippen molar-refractivity contribution in [3.8, 4) is 46.0 Å². The number of nitrogens with two attached hydrogens (primary N) is 4. The van der Waals surface area contributed by atoms with Crippen LogP contribution in [0.3, 0.4) is 0 Å². The van der Waals surface area contributed by atoms with Crippen LogP contribution in [0.1, 0.15) is 309 Å². The molecule has 0 aromatic heterocycles. The van der Waals surface area contributed by atoms with Crippen LogP contribution in [-0.2, 0) is 63.6 Å². The fourth-order valence-electron chi connectivity index (χ4n) is 11.8. The first-order valence-electron chi connectivity index (χ1n) is 67.3. The van der Waals surface area contributed by atoms with Crippen molar-refractivity contribution < 1.29 is 154 Å². The summed E-state index contributed by atoms with van der Waals surface area (Å²) in [6.07, 6.45) is -45.4. The number of ether oxygens (including phenoxy) is 12. The summed E-state index contributed by atoms with van der Waals surface area (Å²) in [5.74, 6) is -29.2. The minimum Gasteiger partial charge on any atom is -0.493 e. The number of esters is 4. The summed E-state index contributed by atoms with van der Waals surface area (Å²) in [6, 6.07) is -28.8. The third-order valence-electron chi connectivity index (χ3n) is 18.5. The maximum absolute atomic E-state index is 13.3. The second-order valence-electron chi connectivity index (χ2n) is 31.2. The molecule has 8 aliphatic heterocycles. The van der Waals surface area contributed by atoms with E-state index >= 15 is 0 Å². The van der Waals surface area contributed by atoms with Gasteiger partial charge in [-0.2, -0.15) is 0 Å². The predicted octanol–water partition coefficient (Wildman–Crippen LogP) is 14.3. The van der Waals surface area contributed by atoms with Gasteiger partial charge in [0.05, 0.1) is 85.5 Å². The maximum atomic E-state index is 13.3. The molecule has 672 valence electrons. The van der Waals surface area contributed by atoms with E-state index in [4.69, 9.17) is 121 Å². The zero-order valence-corrected chi connectivity index (χ0v) is 71.5. The Morgan fingerprint density at radius 3 is 0.800 bits per heavy atom. The summed E-state index contributed by atoms with van der Waals surface area (Å²) in [4.78, 5) is 52.3. The van der Waals surface area contributed by atoms with Gasteiger partial charge in [0.15, 0.2) is 46.0 Å². The highest BCUT2D eigenvalue weighted by atomic mass is 16.6. The van der Waals surface area contributed by atoms with Gasteiger partial charge in [-0.3, -0.25) is 38.8 Å². The number of carbonyl (C=O) groups excluding carboxylic acids is 4. The van der Waals surface area contributed by atoms with Crippen LogP contribution in [-0.4, -0.2) is 201 Å². The zero-order chi connectivity index (χ0) is 139. The van der Waals surface area contributed by atoms with E-state index in [0.717, 1.165) is 42.7 Å². The standard InChI is InChI=1S/4C24H38N2O4/c4*1-14(2)9-17-13-26-8-7-16-10-21(28-5)22(29-6)11-18(16)19(26)12-20(17)30-24(27)23(25)15(3)4/h4*10-11,14-15,17,19-20,23H,7-9,12-13,25H2,1-6H3/t4*17?,19?,20?,23-/m0000/s1/i5D3,7D2,8D2,10D,11D,12D2,13D2,17D,19D,20D;2*7D2,8D2,10D,11D,12D2,13D2,17D,19D,20D;5D3,7D2,8D2,10D,11D,12D2,13D2,17D,19D. The molecule has 16 atom stereocenters. The van der Waals surface area contributed by atoms with Crippen LogP contribution in [0.15, 0.2) is 48.3 Å². The quantitative estimate of drug-likeness (QED) is 0.0303. The van der Waals surface area contributed by atoms with Gasteiger partial charge in [-0.1, -0.05) is 111 Å². The Morgan fingerprint density at radius 1 is 0.350 bits per heavy atom. The number of piperidine rings is 4. The molecular formula is C96H152N8O16. The molecule has 4 fully saturated rings. The lowest BCUT2D eigenvalue weighted by atomic mass is 9.79.